The minimum atomic E-state index is -1.10. The number of hydrogen-bond donors (Lipinski definition) is 0. The smallest absolute Gasteiger partial charge is 0.365 e. The number of ether oxygens (including phenoxy) is 1. The lowest BCUT2D eigenvalue weighted by molar-refractivity contribution is -0.134. The van der Waals surface area contributed by atoms with Crippen molar-refractivity contribution in [3.05, 3.63) is 86.9 Å². The van der Waals surface area contributed by atoms with Crippen LogP contribution in [0.4, 0.5) is 11.4 Å². The zero-order valence-electron chi connectivity index (χ0n) is 17.9. The van der Waals surface area contributed by atoms with E-state index in [2.05, 4.69) is 5.10 Å². The van der Waals surface area contributed by atoms with E-state index in [9.17, 15) is 9.59 Å². The van der Waals surface area contributed by atoms with E-state index in [1.165, 1.54) is 23.5 Å². The van der Waals surface area contributed by atoms with Crippen LogP contribution >= 0.6 is 46.5 Å². The number of hydrogen-bond acceptors (Lipinski definition) is 8. The Labute approximate surface area is 214 Å². The molecule has 3 heterocycles. The molecule has 1 saturated heterocycles. The zero-order chi connectivity index (χ0) is 23.7. The quantitative estimate of drug-likeness (QED) is 0.288. The molecule has 1 spiro atoms. The highest BCUT2D eigenvalue weighted by Crippen LogP contribution is 2.59. The number of benzene rings is 2. The van der Waals surface area contributed by atoms with Crippen LogP contribution in [0.1, 0.15) is 11.8 Å². The van der Waals surface area contributed by atoms with E-state index in [1.54, 1.807) is 40.3 Å². The van der Waals surface area contributed by atoms with Crippen molar-refractivity contribution in [1.29, 1.82) is 0 Å². The summed E-state index contributed by atoms with van der Waals surface area (Å²) >= 11 is 10.2. The Morgan fingerprint density at radius 2 is 1.82 bits per heavy atom. The molecule has 1 aromatic heterocycles. The summed E-state index contributed by atoms with van der Waals surface area (Å²) in [6, 6.07) is 20.4. The van der Waals surface area contributed by atoms with Crippen molar-refractivity contribution in [1.82, 2.24) is 0 Å². The molecule has 2 aromatic carbocycles. The summed E-state index contributed by atoms with van der Waals surface area (Å²) < 4.78 is 4.15. The predicted molar refractivity (Wildman–Crippen MR) is 142 cm³/mol. The molecule has 0 radical (unpaired) electrons. The molecule has 3 aromatic rings. The van der Waals surface area contributed by atoms with Crippen molar-refractivity contribution in [2.24, 2.45) is 5.10 Å². The highest BCUT2D eigenvalue weighted by atomic mass is 35.5. The van der Waals surface area contributed by atoms with Crippen molar-refractivity contribution >= 4 is 80.8 Å². The van der Waals surface area contributed by atoms with Crippen molar-refractivity contribution < 1.29 is 14.3 Å². The number of rotatable bonds is 5. The van der Waals surface area contributed by atoms with Crippen LogP contribution in [0.2, 0.25) is 5.02 Å². The second kappa shape index (κ2) is 9.50. The van der Waals surface area contributed by atoms with Gasteiger partial charge in [0, 0.05) is 15.6 Å². The topological polar surface area (TPSA) is 62.2 Å². The van der Waals surface area contributed by atoms with Crippen molar-refractivity contribution in [3.63, 3.8) is 0 Å². The standard InChI is InChI=1S/C24H18ClN3O3S3/c1-2-31-23(30)21-26-28(18-12-10-16(25)11-13-18)24(34-21)27(17-7-4-3-5-8-17)22(29)20(33-24)15-19-9-6-14-32-19/h3-15H,2H2,1H3/t24-/m0/s1. The Balaban J connectivity index is 1.67. The van der Waals surface area contributed by atoms with E-state index in [0.717, 1.165) is 4.88 Å². The van der Waals surface area contributed by atoms with Crippen LogP contribution in [0.15, 0.2) is 82.1 Å². The molecule has 0 saturated carbocycles. The van der Waals surface area contributed by atoms with Gasteiger partial charge < -0.3 is 4.74 Å². The molecule has 0 N–H and O–H groups in total. The van der Waals surface area contributed by atoms with Crippen LogP contribution in [-0.2, 0) is 14.3 Å². The number of thiophene rings is 1. The number of para-hydroxylation sites is 1. The SMILES string of the molecule is CCOC(=O)C1=NN(c2ccc(Cl)cc2)[C@@]2(SC(=Cc3cccs3)C(=O)N2c2ccccc2)S1. The first-order valence-corrected chi connectivity index (χ1v) is 13.3. The van der Waals surface area contributed by atoms with E-state index < -0.39 is 10.3 Å². The van der Waals surface area contributed by atoms with Crippen molar-refractivity contribution in [2.75, 3.05) is 16.5 Å². The Morgan fingerprint density at radius 1 is 1.06 bits per heavy atom. The van der Waals surface area contributed by atoms with Gasteiger partial charge in [-0.1, -0.05) is 47.6 Å². The highest BCUT2D eigenvalue weighted by molar-refractivity contribution is 8.29. The molecule has 1 fully saturated rings. The summed E-state index contributed by atoms with van der Waals surface area (Å²) in [7, 11) is 0. The van der Waals surface area contributed by atoms with Gasteiger partial charge in [-0.2, -0.15) is 5.10 Å². The summed E-state index contributed by atoms with van der Waals surface area (Å²) in [6.07, 6.45) is 1.88. The van der Waals surface area contributed by atoms with E-state index in [-0.39, 0.29) is 17.6 Å². The molecular weight excluding hydrogens is 510 g/mol. The van der Waals surface area contributed by atoms with Crippen LogP contribution in [0.3, 0.4) is 0 Å². The van der Waals surface area contributed by atoms with E-state index in [0.29, 0.717) is 21.3 Å². The van der Waals surface area contributed by atoms with Gasteiger partial charge in [0.25, 0.3) is 5.91 Å². The molecule has 34 heavy (non-hydrogen) atoms. The largest absolute Gasteiger partial charge is 0.461 e. The van der Waals surface area contributed by atoms with Gasteiger partial charge in [-0.15, -0.1) is 11.3 Å². The molecule has 6 nitrogen and oxygen atoms in total. The van der Waals surface area contributed by atoms with Crippen LogP contribution < -0.4 is 9.91 Å². The maximum atomic E-state index is 13.8. The van der Waals surface area contributed by atoms with Crippen LogP contribution in [0, 0.1) is 0 Å². The van der Waals surface area contributed by atoms with E-state index >= 15 is 0 Å². The van der Waals surface area contributed by atoms with E-state index in [4.69, 9.17) is 16.3 Å². The van der Waals surface area contributed by atoms with Crippen LogP contribution in [-0.4, -0.2) is 27.9 Å². The summed E-state index contributed by atoms with van der Waals surface area (Å²) in [5, 5.41) is 9.06. The fraction of sp³-hybridized carbons (Fsp3) is 0.125. The monoisotopic (exact) mass is 527 g/mol. The molecule has 0 aliphatic carbocycles. The third kappa shape index (κ3) is 4.13. The summed E-state index contributed by atoms with van der Waals surface area (Å²) in [5.41, 5.74) is 1.39. The van der Waals surface area contributed by atoms with Gasteiger partial charge in [-0.05, 0) is 72.6 Å². The normalized spacial score (nSPS) is 20.9. The summed E-state index contributed by atoms with van der Waals surface area (Å²) in [6.45, 7) is 1.97. The van der Waals surface area contributed by atoms with Gasteiger partial charge in [-0.25, -0.2) is 9.80 Å². The molecule has 10 heteroatoms. The molecule has 0 unspecified atom stereocenters. The first-order valence-electron chi connectivity index (χ1n) is 10.4. The lowest BCUT2D eigenvalue weighted by Crippen LogP contribution is -2.51. The van der Waals surface area contributed by atoms with Gasteiger partial charge in [0.05, 0.1) is 17.2 Å². The Bertz CT molecular complexity index is 1280. The van der Waals surface area contributed by atoms with Gasteiger partial charge in [0.2, 0.25) is 9.37 Å². The number of hydrazone groups is 1. The molecular formula is C24H18ClN3O3S3. The molecule has 172 valence electrons. The minimum absolute atomic E-state index is 0.170. The van der Waals surface area contributed by atoms with Gasteiger partial charge in [0.15, 0.2) is 0 Å². The second-order valence-electron chi connectivity index (χ2n) is 7.17. The Morgan fingerprint density at radius 3 is 2.50 bits per heavy atom. The zero-order valence-corrected chi connectivity index (χ0v) is 21.1. The predicted octanol–water partition coefficient (Wildman–Crippen LogP) is 6.26. The van der Waals surface area contributed by atoms with Crippen LogP contribution in [0.25, 0.3) is 6.08 Å². The summed E-state index contributed by atoms with van der Waals surface area (Å²) in [5.74, 6) is -0.698. The lowest BCUT2D eigenvalue weighted by atomic mass is 10.2. The number of thioether (sulfide) groups is 2. The second-order valence-corrected chi connectivity index (χ2v) is 11.2. The molecule has 0 bridgehead atoms. The van der Waals surface area contributed by atoms with Gasteiger partial charge >= 0.3 is 5.97 Å². The highest BCUT2D eigenvalue weighted by Gasteiger charge is 2.60. The van der Waals surface area contributed by atoms with Crippen LogP contribution in [0.5, 0.6) is 0 Å². The minimum Gasteiger partial charge on any atom is -0.461 e. The van der Waals surface area contributed by atoms with Crippen molar-refractivity contribution in [2.45, 2.75) is 11.3 Å². The molecule has 2 aliphatic rings. The number of esters is 1. The third-order valence-electron chi connectivity index (χ3n) is 4.98. The number of halogens is 1. The maximum Gasteiger partial charge on any atom is 0.365 e. The lowest BCUT2D eigenvalue weighted by Gasteiger charge is -2.38. The molecule has 5 rings (SSSR count). The third-order valence-corrected chi connectivity index (χ3v) is 8.75. The average molecular weight is 528 g/mol. The Hall–Kier alpha value is -2.72. The summed E-state index contributed by atoms with van der Waals surface area (Å²) in [4.78, 5) is 29.8. The number of carbonyl (C=O) groups excluding carboxylic acids is 2. The van der Waals surface area contributed by atoms with Gasteiger partial charge in [-0.3, -0.25) is 9.69 Å². The average Bonchev–Trinajstić information content (AvgIpc) is 3.55. The molecule has 2 aliphatic heterocycles. The van der Waals surface area contributed by atoms with Crippen molar-refractivity contribution in [3.8, 4) is 0 Å². The maximum absolute atomic E-state index is 13.8. The van der Waals surface area contributed by atoms with Gasteiger partial charge in [0.1, 0.15) is 0 Å². The fourth-order valence-electron chi connectivity index (χ4n) is 3.55. The first-order chi connectivity index (χ1) is 16.5. The first kappa shape index (κ1) is 23.0. The fourth-order valence-corrected chi connectivity index (χ4v) is 7.27. The molecule has 1 atom stereocenters. The molecule has 1 amide bonds. The number of anilines is 2. The number of amides is 1. The number of carbonyl (C=O) groups is 2. The Kier molecular flexibility index (Phi) is 6.44. The van der Waals surface area contributed by atoms with E-state index in [1.807, 2.05) is 66.1 Å². The number of nitrogens with zero attached hydrogens (tertiary/aromatic N) is 3.